The van der Waals surface area contributed by atoms with Crippen molar-refractivity contribution in [3.8, 4) is 11.5 Å². The fourth-order valence-electron chi connectivity index (χ4n) is 2.11. The minimum absolute atomic E-state index is 0.325. The lowest BCUT2D eigenvalue weighted by atomic mass is 9.90. The first-order chi connectivity index (χ1) is 9.53. The molecule has 0 aromatic heterocycles. The van der Waals surface area contributed by atoms with Crippen LogP contribution in [-0.4, -0.2) is 33.3 Å². The van der Waals surface area contributed by atoms with E-state index in [4.69, 9.17) is 14.2 Å². The van der Waals surface area contributed by atoms with Crippen LogP contribution in [0, 0.1) is 0 Å². The van der Waals surface area contributed by atoms with Crippen LogP contribution in [0.2, 0.25) is 0 Å². The van der Waals surface area contributed by atoms with Gasteiger partial charge in [-0.2, -0.15) is 0 Å². The Morgan fingerprint density at radius 3 is 2.45 bits per heavy atom. The second kappa shape index (κ2) is 7.14. The second-order valence-electron chi connectivity index (χ2n) is 4.44. The van der Waals surface area contributed by atoms with Crippen LogP contribution in [0.25, 0.3) is 0 Å². The lowest BCUT2D eigenvalue weighted by molar-refractivity contribution is -0.151. The van der Waals surface area contributed by atoms with Crippen LogP contribution in [0.3, 0.4) is 0 Å². The lowest BCUT2D eigenvalue weighted by Crippen LogP contribution is -2.47. The van der Waals surface area contributed by atoms with E-state index in [9.17, 15) is 4.79 Å². The number of rotatable bonds is 7. The van der Waals surface area contributed by atoms with Gasteiger partial charge in [-0.15, -0.1) is 0 Å². The number of hydrogen-bond acceptors (Lipinski definition) is 5. The van der Waals surface area contributed by atoms with Gasteiger partial charge < -0.3 is 14.2 Å². The summed E-state index contributed by atoms with van der Waals surface area (Å²) in [5, 5.41) is 3.18. The van der Waals surface area contributed by atoms with Gasteiger partial charge in [0.15, 0.2) is 0 Å². The van der Waals surface area contributed by atoms with Gasteiger partial charge in [0.1, 0.15) is 17.0 Å². The van der Waals surface area contributed by atoms with Crippen LogP contribution >= 0.6 is 0 Å². The Bertz CT molecular complexity index is 461. The molecule has 20 heavy (non-hydrogen) atoms. The van der Waals surface area contributed by atoms with Crippen molar-refractivity contribution < 1.29 is 19.0 Å². The maximum atomic E-state index is 12.3. The smallest absolute Gasteiger partial charge is 0.330 e. The zero-order chi connectivity index (χ0) is 15.2. The normalized spacial score (nSPS) is 13.4. The highest BCUT2D eigenvalue weighted by molar-refractivity contribution is 5.83. The van der Waals surface area contributed by atoms with Crippen molar-refractivity contribution in [3.05, 3.63) is 23.8 Å². The summed E-state index contributed by atoms with van der Waals surface area (Å²) in [5.74, 6) is 0.935. The van der Waals surface area contributed by atoms with E-state index in [2.05, 4.69) is 5.32 Å². The quantitative estimate of drug-likeness (QED) is 0.776. The lowest BCUT2D eigenvalue weighted by Gasteiger charge is -2.30. The molecule has 0 amide bonds. The summed E-state index contributed by atoms with van der Waals surface area (Å²) in [4.78, 5) is 12.3. The Morgan fingerprint density at radius 2 is 1.95 bits per heavy atom. The van der Waals surface area contributed by atoms with E-state index in [1.54, 1.807) is 46.3 Å². The van der Waals surface area contributed by atoms with Crippen molar-refractivity contribution >= 4 is 5.97 Å². The van der Waals surface area contributed by atoms with Gasteiger partial charge in [0, 0.05) is 5.56 Å². The van der Waals surface area contributed by atoms with Crippen LogP contribution in [0.1, 0.15) is 26.3 Å². The number of nitrogens with one attached hydrogen (secondary N) is 1. The Labute approximate surface area is 120 Å². The van der Waals surface area contributed by atoms with Gasteiger partial charge in [0.05, 0.1) is 20.8 Å². The first kappa shape index (κ1) is 16.3. The molecule has 0 spiro atoms. The zero-order valence-corrected chi connectivity index (χ0v) is 12.8. The van der Waals surface area contributed by atoms with E-state index in [-0.39, 0.29) is 5.97 Å². The molecule has 0 aliphatic rings. The van der Waals surface area contributed by atoms with Gasteiger partial charge in [0.2, 0.25) is 0 Å². The highest BCUT2D eigenvalue weighted by atomic mass is 16.5. The SMILES string of the molecule is CCNC(C)(C(=O)OCC)c1cc(OC)ccc1OC. The molecule has 0 fully saturated rings. The molecule has 1 atom stereocenters. The number of ether oxygens (including phenoxy) is 3. The Morgan fingerprint density at radius 1 is 1.25 bits per heavy atom. The molecule has 1 rings (SSSR count). The molecule has 1 aromatic carbocycles. The second-order valence-corrected chi connectivity index (χ2v) is 4.44. The predicted octanol–water partition coefficient (Wildman–Crippen LogP) is 2.09. The third kappa shape index (κ3) is 3.22. The maximum Gasteiger partial charge on any atom is 0.330 e. The minimum Gasteiger partial charge on any atom is -0.497 e. The van der Waals surface area contributed by atoms with Crippen LogP contribution in [0.4, 0.5) is 0 Å². The first-order valence-electron chi connectivity index (χ1n) is 6.68. The third-order valence-electron chi connectivity index (χ3n) is 3.16. The molecule has 1 unspecified atom stereocenters. The predicted molar refractivity (Wildman–Crippen MR) is 77.2 cm³/mol. The van der Waals surface area contributed by atoms with Gasteiger partial charge in [-0.05, 0) is 38.6 Å². The van der Waals surface area contributed by atoms with Crippen molar-refractivity contribution in [2.24, 2.45) is 0 Å². The molecule has 0 radical (unpaired) electrons. The van der Waals surface area contributed by atoms with Crippen molar-refractivity contribution in [1.29, 1.82) is 0 Å². The molecule has 0 bridgehead atoms. The molecule has 0 heterocycles. The highest BCUT2D eigenvalue weighted by Gasteiger charge is 2.38. The molecule has 0 aliphatic carbocycles. The van der Waals surface area contributed by atoms with Gasteiger partial charge in [-0.1, -0.05) is 6.92 Å². The highest BCUT2D eigenvalue weighted by Crippen LogP contribution is 2.34. The van der Waals surface area contributed by atoms with Crippen LogP contribution < -0.4 is 14.8 Å². The van der Waals surface area contributed by atoms with E-state index in [0.29, 0.717) is 30.2 Å². The Kier molecular flexibility index (Phi) is 5.82. The largest absolute Gasteiger partial charge is 0.497 e. The molecular weight excluding hydrogens is 258 g/mol. The monoisotopic (exact) mass is 281 g/mol. The number of carbonyl (C=O) groups is 1. The van der Waals surface area contributed by atoms with Gasteiger partial charge in [0.25, 0.3) is 0 Å². The van der Waals surface area contributed by atoms with E-state index in [1.165, 1.54) is 0 Å². The number of esters is 1. The van der Waals surface area contributed by atoms with Crippen molar-refractivity contribution in [2.45, 2.75) is 26.3 Å². The molecule has 5 nitrogen and oxygen atoms in total. The first-order valence-corrected chi connectivity index (χ1v) is 6.68. The third-order valence-corrected chi connectivity index (χ3v) is 3.16. The summed E-state index contributed by atoms with van der Waals surface area (Å²) in [6.07, 6.45) is 0. The summed E-state index contributed by atoms with van der Waals surface area (Å²) in [6, 6.07) is 5.36. The summed E-state index contributed by atoms with van der Waals surface area (Å²) < 4.78 is 15.8. The summed E-state index contributed by atoms with van der Waals surface area (Å²) in [6.45, 7) is 6.45. The minimum atomic E-state index is -0.982. The molecule has 0 saturated carbocycles. The topological polar surface area (TPSA) is 56.8 Å². The standard InChI is InChI=1S/C15H23NO4/c1-6-16-15(3,14(17)20-7-2)12-10-11(18-4)8-9-13(12)19-5/h8-10,16H,6-7H2,1-5H3. The molecule has 112 valence electrons. The van der Waals surface area contributed by atoms with Crippen molar-refractivity contribution in [3.63, 3.8) is 0 Å². The van der Waals surface area contributed by atoms with Gasteiger partial charge >= 0.3 is 5.97 Å². The van der Waals surface area contributed by atoms with E-state index < -0.39 is 5.54 Å². The van der Waals surface area contributed by atoms with Crippen molar-refractivity contribution in [2.75, 3.05) is 27.4 Å². The van der Waals surface area contributed by atoms with E-state index >= 15 is 0 Å². The fraction of sp³-hybridized carbons (Fsp3) is 0.533. The maximum absolute atomic E-state index is 12.3. The number of likely N-dealkylation sites (N-methyl/N-ethyl adjacent to an activating group) is 1. The molecule has 1 N–H and O–H groups in total. The molecule has 0 aliphatic heterocycles. The van der Waals surface area contributed by atoms with Gasteiger partial charge in [-0.3, -0.25) is 5.32 Å². The Hall–Kier alpha value is -1.75. The molecular formula is C15H23NO4. The number of carbonyl (C=O) groups excluding carboxylic acids is 1. The average Bonchev–Trinajstić information content (AvgIpc) is 2.46. The number of benzene rings is 1. The van der Waals surface area contributed by atoms with Gasteiger partial charge in [-0.25, -0.2) is 4.79 Å². The molecule has 1 aromatic rings. The Balaban J connectivity index is 3.35. The average molecular weight is 281 g/mol. The molecule has 5 heteroatoms. The molecule has 0 saturated heterocycles. The van der Waals surface area contributed by atoms with Crippen LogP contribution in [-0.2, 0) is 15.1 Å². The number of hydrogen-bond donors (Lipinski definition) is 1. The number of methoxy groups -OCH3 is 2. The summed E-state index contributed by atoms with van der Waals surface area (Å²) in [7, 11) is 3.16. The van der Waals surface area contributed by atoms with E-state index in [0.717, 1.165) is 0 Å². The fourth-order valence-corrected chi connectivity index (χ4v) is 2.11. The zero-order valence-electron chi connectivity index (χ0n) is 12.8. The van der Waals surface area contributed by atoms with Crippen LogP contribution in [0.15, 0.2) is 18.2 Å². The summed E-state index contributed by atoms with van der Waals surface area (Å²) >= 11 is 0. The van der Waals surface area contributed by atoms with Crippen molar-refractivity contribution in [1.82, 2.24) is 5.32 Å². The van der Waals surface area contributed by atoms with Crippen LogP contribution in [0.5, 0.6) is 11.5 Å². The van der Waals surface area contributed by atoms with E-state index in [1.807, 2.05) is 6.92 Å². The summed E-state index contributed by atoms with van der Waals surface area (Å²) in [5.41, 5.74) is -0.287.